The van der Waals surface area contributed by atoms with E-state index in [9.17, 15) is 9.59 Å². The Bertz CT molecular complexity index is 1200. The molecule has 0 saturated heterocycles. The molecule has 3 heterocycles. The van der Waals surface area contributed by atoms with Crippen LogP contribution in [0.3, 0.4) is 0 Å². The van der Waals surface area contributed by atoms with Gasteiger partial charge in [0.2, 0.25) is 5.91 Å². The molecule has 34 heavy (non-hydrogen) atoms. The van der Waals surface area contributed by atoms with Crippen molar-refractivity contribution in [2.45, 2.75) is 45.2 Å². The Morgan fingerprint density at radius 2 is 2.03 bits per heavy atom. The van der Waals surface area contributed by atoms with Crippen molar-refractivity contribution >= 4 is 39.1 Å². The normalized spacial score (nSPS) is 16.6. The van der Waals surface area contributed by atoms with E-state index in [1.807, 2.05) is 30.3 Å². The third kappa shape index (κ3) is 4.93. The number of ether oxygens (including phenoxy) is 2. The number of nitrogens with one attached hydrogen (secondary N) is 1. The summed E-state index contributed by atoms with van der Waals surface area (Å²) in [5.41, 5.74) is 2.59. The molecule has 1 amide bonds. The van der Waals surface area contributed by atoms with E-state index in [4.69, 9.17) is 14.5 Å². The van der Waals surface area contributed by atoms with Gasteiger partial charge < -0.3 is 14.8 Å². The van der Waals surface area contributed by atoms with Crippen LogP contribution in [0, 0.1) is 5.92 Å². The van der Waals surface area contributed by atoms with Crippen LogP contribution >= 0.6 is 11.3 Å². The molecule has 7 nitrogen and oxygen atoms in total. The molecule has 0 spiro atoms. The summed E-state index contributed by atoms with van der Waals surface area (Å²) in [5.74, 6) is 0.859. The number of thiophene rings is 1. The molecular weight excluding hydrogens is 450 g/mol. The third-order valence-corrected chi connectivity index (χ3v) is 7.69. The van der Waals surface area contributed by atoms with Gasteiger partial charge in [0.05, 0.1) is 18.5 Å². The van der Waals surface area contributed by atoms with E-state index in [1.54, 1.807) is 0 Å². The van der Waals surface area contributed by atoms with Crippen LogP contribution in [0.5, 0.6) is 5.75 Å². The van der Waals surface area contributed by atoms with Gasteiger partial charge in [-0.15, -0.1) is 11.3 Å². The van der Waals surface area contributed by atoms with Crippen molar-refractivity contribution in [1.29, 1.82) is 0 Å². The maximum Gasteiger partial charge on any atom is 0.350 e. The molecule has 1 aliphatic carbocycles. The fraction of sp³-hybridized carbons (Fsp3) is 0.423. The number of aromatic nitrogens is 1. The second-order valence-electron chi connectivity index (χ2n) is 9.02. The summed E-state index contributed by atoms with van der Waals surface area (Å²) in [7, 11) is 1.36. The van der Waals surface area contributed by atoms with E-state index < -0.39 is 5.97 Å². The highest BCUT2D eigenvalue weighted by Crippen LogP contribution is 2.36. The molecular formula is C26H29N3O4S. The first kappa shape index (κ1) is 22.8. The minimum atomic E-state index is -0.456. The molecule has 2 aliphatic rings. The van der Waals surface area contributed by atoms with Crippen molar-refractivity contribution < 1.29 is 19.1 Å². The number of benzene rings is 1. The van der Waals surface area contributed by atoms with Gasteiger partial charge in [0, 0.05) is 37.0 Å². The predicted octanol–water partition coefficient (Wildman–Crippen LogP) is 5.00. The smallest absolute Gasteiger partial charge is 0.350 e. The van der Waals surface area contributed by atoms with Gasteiger partial charge in [0.15, 0.2) is 0 Å². The lowest BCUT2D eigenvalue weighted by atomic mass is 10.0. The van der Waals surface area contributed by atoms with Gasteiger partial charge >= 0.3 is 5.97 Å². The van der Waals surface area contributed by atoms with Crippen molar-refractivity contribution in [3.8, 4) is 5.75 Å². The number of carbonyl (C=O) groups is 2. The highest BCUT2D eigenvalue weighted by atomic mass is 32.1. The SMILES string of the molecule is COC(=O)c1sc2nc(CN3CCOc4ccccc4C3)ccc2c1NC(=O)CC1CCCC1. The molecule has 0 unspecified atom stereocenters. The van der Waals surface area contributed by atoms with Crippen LogP contribution in [0.1, 0.15) is 53.0 Å². The number of pyridine rings is 1. The first-order valence-corrected chi connectivity index (χ1v) is 12.7. The molecule has 0 radical (unpaired) electrons. The summed E-state index contributed by atoms with van der Waals surface area (Å²) in [6.07, 6.45) is 5.06. The number of para-hydroxylation sites is 1. The minimum absolute atomic E-state index is 0.0518. The Morgan fingerprint density at radius 1 is 1.21 bits per heavy atom. The summed E-state index contributed by atoms with van der Waals surface area (Å²) >= 11 is 1.27. The first-order chi connectivity index (χ1) is 16.6. The molecule has 5 rings (SSSR count). The van der Waals surface area contributed by atoms with Crippen molar-refractivity contribution in [2.75, 3.05) is 25.6 Å². The fourth-order valence-corrected chi connectivity index (χ4v) is 5.94. The van der Waals surface area contributed by atoms with Crippen LogP contribution in [0.2, 0.25) is 0 Å². The zero-order valence-corrected chi connectivity index (χ0v) is 20.2. The number of anilines is 1. The Balaban J connectivity index is 1.37. The Hall–Kier alpha value is -2.97. The lowest BCUT2D eigenvalue weighted by Gasteiger charge is -2.18. The van der Waals surface area contributed by atoms with Gasteiger partial charge in [-0.3, -0.25) is 9.69 Å². The van der Waals surface area contributed by atoms with Crippen molar-refractivity contribution in [1.82, 2.24) is 9.88 Å². The molecule has 8 heteroatoms. The van der Waals surface area contributed by atoms with Crippen molar-refractivity contribution in [3.63, 3.8) is 0 Å². The summed E-state index contributed by atoms with van der Waals surface area (Å²) in [5, 5.41) is 3.78. The summed E-state index contributed by atoms with van der Waals surface area (Å²) < 4.78 is 10.9. The monoisotopic (exact) mass is 479 g/mol. The largest absolute Gasteiger partial charge is 0.492 e. The molecule has 178 valence electrons. The van der Waals surface area contributed by atoms with E-state index in [2.05, 4.69) is 16.3 Å². The standard InChI is InChI=1S/C26H29N3O4S/c1-32-26(31)24-23(28-22(30)14-17-6-2-3-7-17)20-11-10-19(27-25(20)34-24)16-29-12-13-33-21-9-5-4-8-18(21)15-29/h4-5,8-11,17H,2-3,6-7,12-16H2,1H3,(H,28,30). The summed E-state index contributed by atoms with van der Waals surface area (Å²) in [6.45, 7) is 2.88. The maximum atomic E-state index is 12.7. The van der Waals surface area contributed by atoms with Gasteiger partial charge in [0.1, 0.15) is 22.1 Å². The van der Waals surface area contributed by atoms with Gasteiger partial charge in [-0.2, -0.15) is 0 Å². The second-order valence-corrected chi connectivity index (χ2v) is 10.0. The molecule has 2 aromatic heterocycles. The first-order valence-electron chi connectivity index (χ1n) is 11.8. The van der Waals surface area contributed by atoms with Crippen LogP contribution in [0.4, 0.5) is 5.69 Å². The number of fused-ring (bicyclic) bond motifs is 2. The maximum absolute atomic E-state index is 12.7. The number of nitrogens with zero attached hydrogens (tertiary/aromatic N) is 2. The summed E-state index contributed by atoms with van der Waals surface area (Å²) in [4.78, 5) is 33.5. The van der Waals surface area contributed by atoms with Gasteiger partial charge in [-0.1, -0.05) is 31.0 Å². The predicted molar refractivity (Wildman–Crippen MR) is 132 cm³/mol. The quantitative estimate of drug-likeness (QED) is 0.502. The highest BCUT2D eigenvalue weighted by molar-refractivity contribution is 7.21. The fourth-order valence-electron chi connectivity index (χ4n) is 4.88. The Kier molecular flexibility index (Phi) is 6.78. The van der Waals surface area contributed by atoms with Crippen LogP contribution in [-0.4, -0.2) is 42.0 Å². The minimum Gasteiger partial charge on any atom is -0.492 e. The molecule has 1 N–H and O–H groups in total. The van der Waals surface area contributed by atoms with Crippen molar-refractivity contribution in [3.05, 3.63) is 52.5 Å². The second kappa shape index (κ2) is 10.1. The zero-order valence-electron chi connectivity index (χ0n) is 19.3. The lowest BCUT2D eigenvalue weighted by molar-refractivity contribution is -0.117. The average Bonchev–Trinajstić information content (AvgIpc) is 3.41. The van der Waals surface area contributed by atoms with Crippen molar-refractivity contribution in [2.24, 2.45) is 5.92 Å². The molecule has 0 atom stereocenters. The highest BCUT2D eigenvalue weighted by Gasteiger charge is 2.24. The van der Waals surface area contributed by atoms with Crippen LogP contribution in [0.25, 0.3) is 10.2 Å². The molecule has 1 aromatic carbocycles. The lowest BCUT2D eigenvalue weighted by Crippen LogP contribution is -2.25. The number of amides is 1. The molecule has 0 bridgehead atoms. The van der Waals surface area contributed by atoms with E-state index in [0.717, 1.165) is 53.2 Å². The topological polar surface area (TPSA) is 80.8 Å². The van der Waals surface area contributed by atoms with E-state index in [-0.39, 0.29) is 5.91 Å². The third-order valence-electron chi connectivity index (χ3n) is 6.61. The molecule has 3 aromatic rings. The van der Waals surface area contributed by atoms with Gasteiger partial charge in [-0.25, -0.2) is 9.78 Å². The number of hydrogen-bond donors (Lipinski definition) is 1. The van der Waals surface area contributed by atoms with Crippen LogP contribution < -0.4 is 10.1 Å². The van der Waals surface area contributed by atoms with E-state index >= 15 is 0 Å². The molecule has 1 saturated carbocycles. The van der Waals surface area contributed by atoms with Crippen LogP contribution in [0.15, 0.2) is 36.4 Å². The number of esters is 1. The van der Waals surface area contributed by atoms with E-state index in [1.165, 1.54) is 31.3 Å². The average molecular weight is 480 g/mol. The molecule has 1 aliphatic heterocycles. The van der Waals surface area contributed by atoms with E-state index in [0.29, 0.717) is 36.1 Å². The number of carbonyl (C=O) groups excluding carboxylic acids is 2. The zero-order chi connectivity index (χ0) is 23.5. The Morgan fingerprint density at radius 3 is 2.85 bits per heavy atom. The number of hydrogen-bond acceptors (Lipinski definition) is 7. The summed E-state index contributed by atoms with van der Waals surface area (Å²) in [6, 6.07) is 12.0. The van der Waals surface area contributed by atoms with Crippen LogP contribution in [-0.2, 0) is 22.6 Å². The molecule has 1 fully saturated rings. The van der Waals surface area contributed by atoms with Gasteiger partial charge in [0.25, 0.3) is 0 Å². The number of rotatable bonds is 6. The van der Waals surface area contributed by atoms with Gasteiger partial charge in [-0.05, 0) is 37.0 Å². The number of methoxy groups -OCH3 is 1. The Labute approximate surface area is 203 Å².